The molecule has 6 heteroatoms. The maximum absolute atomic E-state index is 12.2. The quantitative estimate of drug-likeness (QED) is 0.782. The first-order valence-electron chi connectivity index (χ1n) is 7.43. The summed E-state index contributed by atoms with van der Waals surface area (Å²) in [6, 6.07) is 16.1. The van der Waals surface area contributed by atoms with Gasteiger partial charge < -0.3 is 4.84 Å². The number of imide groups is 1. The van der Waals surface area contributed by atoms with Gasteiger partial charge in [0.2, 0.25) is 0 Å². The van der Waals surface area contributed by atoms with Gasteiger partial charge in [0.25, 0.3) is 11.8 Å². The molecule has 0 spiro atoms. The molecule has 0 saturated heterocycles. The maximum atomic E-state index is 12.2. The van der Waals surface area contributed by atoms with Crippen molar-refractivity contribution in [1.29, 1.82) is 0 Å². The molecular weight excluding hydrogens is 326 g/mol. The summed E-state index contributed by atoms with van der Waals surface area (Å²) in [6.45, 7) is 1.69. The van der Waals surface area contributed by atoms with Crippen molar-refractivity contribution < 1.29 is 19.2 Å². The predicted octanol–water partition coefficient (Wildman–Crippen LogP) is 3.06. The smallest absolute Gasteiger partial charge is 0.328 e. The van der Waals surface area contributed by atoms with Crippen molar-refractivity contribution in [2.75, 3.05) is 0 Å². The first-order valence-corrected chi connectivity index (χ1v) is 8.48. The molecule has 1 unspecified atom stereocenters. The molecule has 0 radical (unpaired) electrons. The van der Waals surface area contributed by atoms with Gasteiger partial charge in [-0.25, -0.2) is 4.79 Å². The third-order valence-corrected chi connectivity index (χ3v) is 4.81. The van der Waals surface area contributed by atoms with E-state index in [0.717, 1.165) is 5.56 Å². The van der Waals surface area contributed by atoms with Gasteiger partial charge in [-0.15, -0.1) is 11.8 Å². The number of carbonyl (C=O) groups excluding carboxylic acids is 3. The summed E-state index contributed by atoms with van der Waals surface area (Å²) in [5.74, 6) is -1.20. The summed E-state index contributed by atoms with van der Waals surface area (Å²) in [5, 5.41) is 0.0431. The molecule has 1 heterocycles. The lowest BCUT2D eigenvalue weighted by atomic mass is 10.1. The molecule has 5 nitrogen and oxygen atoms in total. The fraction of sp³-hybridized carbons (Fsp3) is 0.167. The van der Waals surface area contributed by atoms with Crippen molar-refractivity contribution in [2.24, 2.45) is 0 Å². The van der Waals surface area contributed by atoms with E-state index in [1.807, 2.05) is 30.3 Å². The van der Waals surface area contributed by atoms with Crippen LogP contribution in [0.5, 0.6) is 0 Å². The summed E-state index contributed by atoms with van der Waals surface area (Å²) >= 11 is 1.38. The van der Waals surface area contributed by atoms with Crippen LogP contribution < -0.4 is 0 Å². The number of hydrogen-bond donors (Lipinski definition) is 0. The van der Waals surface area contributed by atoms with Crippen molar-refractivity contribution in [3.05, 3.63) is 71.3 Å². The van der Waals surface area contributed by atoms with Crippen LogP contribution >= 0.6 is 11.8 Å². The standard InChI is InChI=1S/C18H15NO4S/c1-12(24-11-13-7-3-2-4-8-13)18(22)23-19-16(20)14-9-5-6-10-15(14)17(19)21/h2-10,12H,11H2,1H3. The normalized spacial score (nSPS) is 14.5. The van der Waals surface area contributed by atoms with Crippen LogP contribution in [0.25, 0.3) is 0 Å². The Balaban J connectivity index is 1.61. The maximum Gasteiger partial charge on any atom is 0.345 e. The van der Waals surface area contributed by atoms with Crippen LogP contribution in [0, 0.1) is 0 Å². The minimum atomic E-state index is -0.620. The molecule has 1 aliphatic rings. The minimum absolute atomic E-state index is 0.250. The van der Waals surface area contributed by atoms with Crippen molar-refractivity contribution in [1.82, 2.24) is 5.06 Å². The molecule has 1 aliphatic heterocycles. The van der Waals surface area contributed by atoms with Gasteiger partial charge in [0.05, 0.1) is 11.1 Å². The molecule has 1 atom stereocenters. The van der Waals surface area contributed by atoms with Gasteiger partial charge in [0, 0.05) is 5.75 Å². The largest absolute Gasteiger partial charge is 0.345 e. The van der Waals surface area contributed by atoms with E-state index in [9.17, 15) is 14.4 Å². The highest BCUT2D eigenvalue weighted by molar-refractivity contribution is 7.99. The Bertz CT molecular complexity index is 756. The Morgan fingerprint density at radius 1 is 1.00 bits per heavy atom. The summed E-state index contributed by atoms with van der Waals surface area (Å²) in [5.41, 5.74) is 1.59. The topological polar surface area (TPSA) is 63.7 Å². The summed E-state index contributed by atoms with van der Waals surface area (Å²) in [7, 11) is 0. The highest BCUT2D eigenvalue weighted by Gasteiger charge is 2.39. The molecule has 0 saturated carbocycles. The van der Waals surface area contributed by atoms with Crippen molar-refractivity contribution in [3.63, 3.8) is 0 Å². The minimum Gasteiger partial charge on any atom is -0.328 e. The molecular formula is C18H15NO4S. The lowest BCUT2D eigenvalue weighted by Gasteiger charge is -2.16. The number of fused-ring (bicyclic) bond motifs is 1. The van der Waals surface area contributed by atoms with Crippen LogP contribution in [0.4, 0.5) is 0 Å². The monoisotopic (exact) mass is 341 g/mol. The van der Waals surface area contributed by atoms with Gasteiger partial charge in [0.15, 0.2) is 0 Å². The van der Waals surface area contributed by atoms with Gasteiger partial charge in [0.1, 0.15) is 5.25 Å². The van der Waals surface area contributed by atoms with Crippen LogP contribution in [0.2, 0.25) is 0 Å². The van der Waals surface area contributed by atoms with E-state index in [-0.39, 0.29) is 11.1 Å². The van der Waals surface area contributed by atoms with Crippen molar-refractivity contribution in [3.8, 4) is 0 Å². The Hall–Kier alpha value is -2.60. The first kappa shape index (κ1) is 16.3. The fourth-order valence-electron chi connectivity index (χ4n) is 2.28. The van der Waals surface area contributed by atoms with Crippen molar-refractivity contribution >= 4 is 29.5 Å². The van der Waals surface area contributed by atoms with Gasteiger partial charge in [-0.3, -0.25) is 9.59 Å². The van der Waals surface area contributed by atoms with Gasteiger partial charge in [-0.2, -0.15) is 0 Å². The van der Waals surface area contributed by atoms with Crippen LogP contribution in [0.1, 0.15) is 33.2 Å². The second-order valence-corrected chi connectivity index (χ2v) is 6.63. The number of thioether (sulfide) groups is 1. The van der Waals surface area contributed by atoms with Gasteiger partial charge in [-0.1, -0.05) is 47.5 Å². The van der Waals surface area contributed by atoms with E-state index < -0.39 is 23.0 Å². The van der Waals surface area contributed by atoms with Crippen LogP contribution in [0.15, 0.2) is 54.6 Å². The second kappa shape index (κ2) is 6.88. The third-order valence-electron chi connectivity index (χ3n) is 3.61. The summed E-state index contributed by atoms with van der Waals surface area (Å²) in [4.78, 5) is 41.5. The molecule has 2 amide bonds. The molecule has 122 valence electrons. The second-order valence-electron chi connectivity index (χ2n) is 5.30. The Labute approximate surface area is 143 Å². The molecule has 0 bridgehead atoms. The lowest BCUT2D eigenvalue weighted by molar-refractivity contribution is -0.167. The van der Waals surface area contributed by atoms with Crippen molar-refractivity contribution in [2.45, 2.75) is 17.9 Å². The average Bonchev–Trinajstić information content (AvgIpc) is 2.86. The number of hydrogen-bond acceptors (Lipinski definition) is 5. The highest BCUT2D eigenvalue weighted by atomic mass is 32.2. The zero-order valence-corrected chi connectivity index (χ0v) is 13.8. The highest BCUT2D eigenvalue weighted by Crippen LogP contribution is 2.24. The zero-order chi connectivity index (χ0) is 17.1. The lowest BCUT2D eigenvalue weighted by Crippen LogP contribution is -2.35. The van der Waals surface area contributed by atoms with E-state index >= 15 is 0 Å². The Morgan fingerprint density at radius 2 is 1.54 bits per heavy atom. The third kappa shape index (κ3) is 3.19. The SMILES string of the molecule is CC(SCc1ccccc1)C(=O)ON1C(=O)c2ccccc2C1=O. The number of carbonyl (C=O) groups is 3. The summed E-state index contributed by atoms with van der Waals surface area (Å²) < 4.78 is 0. The number of benzene rings is 2. The van der Waals surface area contributed by atoms with E-state index in [1.54, 1.807) is 19.1 Å². The van der Waals surface area contributed by atoms with Crippen LogP contribution in [0.3, 0.4) is 0 Å². The van der Waals surface area contributed by atoms with Gasteiger partial charge in [-0.05, 0) is 24.6 Å². The van der Waals surface area contributed by atoms with E-state index in [1.165, 1.54) is 23.9 Å². The Morgan fingerprint density at radius 3 is 2.12 bits per heavy atom. The molecule has 0 aliphatic carbocycles. The summed E-state index contributed by atoms with van der Waals surface area (Å²) in [6.07, 6.45) is 0. The molecule has 2 aromatic rings. The molecule has 0 N–H and O–H groups in total. The van der Waals surface area contributed by atoms with E-state index in [0.29, 0.717) is 10.8 Å². The van der Waals surface area contributed by atoms with Crippen LogP contribution in [-0.2, 0) is 15.4 Å². The molecule has 0 fully saturated rings. The zero-order valence-electron chi connectivity index (χ0n) is 13.0. The number of hydroxylamine groups is 2. The Kier molecular flexibility index (Phi) is 4.66. The molecule has 2 aromatic carbocycles. The predicted molar refractivity (Wildman–Crippen MR) is 90.2 cm³/mol. The van der Waals surface area contributed by atoms with E-state index in [2.05, 4.69) is 0 Å². The van der Waals surface area contributed by atoms with E-state index in [4.69, 9.17) is 4.84 Å². The molecule has 0 aromatic heterocycles. The number of amides is 2. The number of nitrogens with zero attached hydrogens (tertiary/aromatic N) is 1. The molecule has 3 rings (SSSR count). The van der Waals surface area contributed by atoms with Gasteiger partial charge >= 0.3 is 5.97 Å². The average molecular weight is 341 g/mol. The first-order chi connectivity index (χ1) is 11.6. The number of rotatable bonds is 5. The van der Waals surface area contributed by atoms with Crippen LogP contribution in [-0.4, -0.2) is 28.1 Å². The molecule has 24 heavy (non-hydrogen) atoms. The fourth-order valence-corrected chi connectivity index (χ4v) is 3.09.